The lowest BCUT2D eigenvalue weighted by Gasteiger charge is -2.03. The second kappa shape index (κ2) is 4.14. The van der Waals surface area contributed by atoms with E-state index < -0.39 is 5.69 Å². The maximum Gasteiger partial charge on any atom is 0.398 e. The molecule has 1 aromatic carbocycles. The van der Waals surface area contributed by atoms with Gasteiger partial charge in [-0.1, -0.05) is 18.7 Å². The molecular weight excluding hydrogens is 223 g/mol. The minimum Gasteiger partial charge on any atom is -0.393 e. The number of anilines is 1. The van der Waals surface area contributed by atoms with E-state index in [9.17, 15) is 9.18 Å². The van der Waals surface area contributed by atoms with Gasteiger partial charge < -0.3 is 10.6 Å². The Labute approximate surface area is 96.1 Å². The van der Waals surface area contributed by atoms with Gasteiger partial charge in [-0.05, 0) is 17.7 Å². The summed E-state index contributed by atoms with van der Waals surface area (Å²) in [6.07, 6.45) is 0. The SMILES string of the molecule is [C-]#[N+]c1[nH]c(=O)n(Cc2ccc(F)cc2)c1N. The fraction of sp³-hybridized carbons (Fsp3) is 0.0909. The second-order valence-corrected chi connectivity index (χ2v) is 3.49. The first-order chi connectivity index (χ1) is 8.11. The number of benzene rings is 1. The van der Waals surface area contributed by atoms with Gasteiger partial charge in [0.15, 0.2) is 0 Å². The third kappa shape index (κ3) is 2.03. The molecule has 0 unspecified atom stereocenters. The number of rotatable bonds is 2. The smallest absolute Gasteiger partial charge is 0.393 e. The standard InChI is InChI=1S/C11H9FN4O/c1-14-10-9(13)16(11(17)15-10)6-7-2-4-8(12)5-3-7/h2-5H,6,13H2,(H,15,17). The predicted octanol–water partition coefficient (Wildman–Crippen LogP) is 1.50. The fourth-order valence-corrected chi connectivity index (χ4v) is 1.48. The number of hydrogen-bond acceptors (Lipinski definition) is 2. The number of nitrogens with one attached hydrogen (secondary N) is 1. The number of nitrogens with two attached hydrogens (primary N) is 1. The quantitative estimate of drug-likeness (QED) is 0.770. The first kappa shape index (κ1) is 11.0. The third-order valence-electron chi connectivity index (χ3n) is 2.37. The zero-order valence-corrected chi connectivity index (χ0v) is 8.77. The lowest BCUT2D eigenvalue weighted by Crippen LogP contribution is -2.19. The first-order valence-electron chi connectivity index (χ1n) is 4.82. The van der Waals surface area contributed by atoms with Crippen LogP contribution in [0.3, 0.4) is 0 Å². The molecule has 1 aromatic heterocycles. The molecule has 0 fully saturated rings. The van der Waals surface area contributed by atoms with Gasteiger partial charge in [0.25, 0.3) is 5.82 Å². The predicted molar refractivity (Wildman–Crippen MR) is 61.2 cm³/mol. The zero-order valence-electron chi connectivity index (χ0n) is 8.77. The highest BCUT2D eigenvalue weighted by atomic mass is 19.1. The molecule has 0 atom stereocenters. The van der Waals surface area contributed by atoms with Crippen LogP contribution in [-0.4, -0.2) is 9.55 Å². The van der Waals surface area contributed by atoms with Crippen molar-refractivity contribution >= 4 is 11.6 Å². The molecule has 17 heavy (non-hydrogen) atoms. The lowest BCUT2D eigenvalue weighted by molar-refractivity contribution is 0.626. The third-order valence-corrected chi connectivity index (χ3v) is 2.37. The Balaban J connectivity index is 2.37. The van der Waals surface area contributed by atoms with Gasteiger partial charge in [0.1, 0.15) is 11.6 Å². The van der Waals surface area contributed by atoms with Gasteiger partial charge in [-0.25, -0.2) is 9.18 Å². The van der Waals surface area contributed by atoms with Crippen LogP contribution in [0.2, 0.25) is 0 Å². The number of halogens is 1. The van der Waals surface area contributed by atoms with Gasteiger partial charge in [-0.15, -0.1) is 0 Å². The van der Waals surface area contributed by atoms with E-state index in [4.69, 9.17) is 12.3 Å². The fourth-order valence-electron chi connectivity index (χ4n) is 1.48. The maximum absolute atomic E-state index is 12.7. The van der Waals surface area contributed by atoms with E-state index in [2.05, 4.69) is 9.83 Å². The van der Waals surface area contributed by atoms with Crippen molar-refractivity contribution in [3.05, 3.63) is 57.5 Å². The molecule has 86 valence electrons. The summed E-state index contributed by atoms with van der Waals surface area (Å²) in [5, 5.41) is 0. The van der Waals surface area contributed by atoms with E-state index in [-0.39, 0.29) is 24.0 Å². The molecule has 0 saturated heterocycles. The maximum atomic E-state index is 12.7. The summed E-state index contributed by atoms with van der Waals surface area (Å²) in [6, 6.07) is 5.73. The molecule has 2 rings (SSSR count). The summed E-state index contributed by atoms with van der Waals surface area (Å²) in [6.45, 7) is 7.02. The van der Waals surface area contributed by atoms with Gasteiger partial charge in [-0.3, -0.25) is 9.55 Å². The normalized spacial score (nSPS) is 10.1. The van der Waals surface area contributed by atoms with Crippen LogP contribution in [-0.2, 0) is 6.54 Å². The molecule has 0 amide bonds. The summed E-state index contributed by atoms with van der Waals surface area (Å²) < 4.78 is 13.9. The minimum absolute atomic E-state index is 0.0251. The molecule has 3 N–H and O–H groups in total. The zero-order chi connectivity index (χ0) is 12.4. The molecule has 0 radical (unpaired) electrons. The summed E-state index contributed by atoms with van der Waals surface area (Å²) in [4.78, 5) is 16.9. The average molecular weight is 232 g/mol. The van der Waals surface area contributed by atoms with Gasteiger partial charge in [0.2, 0.25) is 0 Å². The van der Waals surface area contributed by atoms with Crippen LogP contribution in [0.1, 0.15) is 5.56 Å². The van der Waals surface area contributed by atoms with Crippen LogP contribution in [0, 0.1) is 12.4 Å². The topological polar surface area (TPSA) is 68.2 Å². The van der Waals surface area contributed by atoms with E-state index in [1.807, 2.05) is 0 Å². The highest BCUT2D eigenvalue weighted by Gasteiger charge is 2.11. The second-order valence-electron chi connectivity index (χ2n) is 3.49. The molecule has 0 spiro atoms. The van der Waals surface area contributed by atoms with Gasteiger partial charge in [-0.2, -0.15) is 0 Å². The van der Waals surface area contributed by atoms with E-state index in [0.29, 0.717) is 0 Å². The number of H-pyrrole nitrogens is 1. The van der Waals surface area contributed by atoms with Crippen LogP contribution in [0.4, 0.5) is 16.0 Å². The van der Waals surface area contributed by atoms with Gasteiger partial charge in [0.05, 0.1) is 6.54 Å². The number of aromatic amines is 1. The highest BCUT2D eigenvalue weighted by Crippen LogP contribution is 2.17. The van der Waals surface area contributed by atoms with E-state index >= 15 is 0 Å². The van der Waals surface area contributed by atoms with Crippen molar-refractivity contribution in [2.75, 3.05) is 5.73 Å². The number of nitrogens with zero attached hydrogens (tertiary/aromatic N) is 2. The number of imidazole rings is 1. The Morgan fingerprint density at radius 3 is 2.59 bits per heavy atom. The van der Waals surface area contributed by atoms with Crippen LogP contribution >= 0.6 is 0 Å². The average Bonchev–Trinajstić information content (AvgIpc) is 2.59. The Morgan fingerprint density at radius 2 is 2.06 bits per heavy atom. The monoisotopic (exact) mass is 232 g/mol. The molecule has 0 bridgehead atoms. The molecular formula is C11H9FN4O. The number of aromatic nitrogens is 2. The molecule has 6 heteroatoms. The van der Waals surface area contributed by atoms with Crippen molar-refractivity contribution in [1.82, 2.24) is 9.55 Å². The van der Waals surface area contributed by atoms with Crippen LogP contribution in [0.25, 0.3) is 4.85 Å². The Bertz CT molecular complexity index is 633. The van der Waals surface area contributed by atoms with Crippen LogP contribution in [0.15, 0.2) is 29.1 Å². The lowest BCUT2D eigenvalue weighted by atomic mass is 10.2. The highest BCUT2D eigenvalue weighted by molar-refractivity contribution is 5.57. The van der Waals surface area contributed by atoms with Crippen LogP contribution in [0.5, 0.6) is 0 Å². The van der Waals surface area contributed by atoms with E-state index in [1.165, 1.54) is 16.7 Å². The summed E-state index contributed by atoms with van der Waals surface area (Å²) in [5.41, 5.74) is 5.92. The minimum atomic E-state index is -0.446. The Morgan fingerprint density at radius 1 is 1.41 bits per heavy atom. The largest absolute Gasteiger partial charge is 0.398 e. The summed E-state index contributed by atoms with van der Waals surface area (Å²) in [7, 11) is 0. The summed E-state index contributed by atoms with van der Waals surface area (Å²) >= 11 is 0. The van der Waals surface area contributed by atoms with Crippen molar-refractivity contribution < 1.29 is 4.39 Å². The van der Waals surface area contributed by atoms with E-state index in [1.54, 1.807) is 12.1 Å². The van der Waals surface area contributed by atoms with Crippen molar-refractivity contribution in [3.63, 3.8) is 0 Å². The Hall–Kier alpha value is -2.55. The van der Waals surface area contributed by atoms with Crippen molar-refractivity contribution in [2.45, 2.75) is 6.54 Å². The molecule has 5 nitrogen and oxygen atoms in total. The number of hydrogen-bond donors (Lipinski definition) is 2. The number of nitrogen functional groups attached to an aromatic ring is 1. The van der Waals surface area contributed by atoms with Crippen molar-refractivity contribution in [1.29, 1.82) is 0 Å². The van der Waals surface area contributed by atoms with Gasteiger partial charge in [0, 0.05) is 0 Å². The molecule has 1 heterocycles. The molecule has 0 aliphatic carbocycles. The van der Waals surface area contributed by atoms with Gasteiger partial charge >= 0.3 is 5.69 Å². The first-order valence-corrected chi connectivity index (χ1v) is 4.82. The van der Waals surface area contributed by atoms with Crippen molar-refractivity contribution in [3.8, 4) is 0 Å². The van der Waals surface area contributed by atoms with E-state index in [0.717, 1.165) is 5.56 Å². The van der Waals surface area contributed by atoms with Crippen molar-refractivity contribution in [2.24, 2.45) is 0 Å². The molecule has 0 aliphatic heterocycles. The van der Waals surface area contributed by atoms with Crippen LogP contribution < -0.4 is 11.4 Å². The molecule has 0 saturated carbocycles. The summed E-state index contributed by atoms with van der Waals surface area (Å²) in [5.74, 6) is -0.226. The Kier molecular flexibility index (Phi) is 2.66. The molecule has 0 aliphatic rings. The molecule has 2 aromatic rings.